The average molecular weight is 166 g/mol. The van der Waals surface area contributed by atoms with E-state index in [1.54, 1.807) is 11.4 Å². The first-order valence-electron chi connectivity index (χ1n) is 2.99. The second kappa shape index (κ2) is 3.17. The Bertz CT molecular complexity index is 310. The summed E-state index contributed by atoms with van der Waals surface area (Å²) in [6, 6.07) is 3.61. The molecule has 0 radical (unpaired) electrons. The summed E-state index contributed by atoms with van der Waals surface area (Å²) in [5.74, 6) is -0.462. The number of nitriles is 1. The number of primary amides is 1. The third-order valence-corrected chi connectivity index (χ3v) is 2.17. The minimum atomic E-state index is -0.462. The van der Waals surface area contributed by atoms with Gasteiger partial charge in [-0.15, -0.1) is 11.3 Å². The van der Waals surface area contributed by atoms with E-state index < -0.39 is 5.91 Å². The molecule has 11 heavy (non-hydrogen) atoms. The van der Waals surface area contributed by atoms with Gasteiger partial charge in [0.25, 0.3) is 0 Å². The van der Waals surface area contributed by atoms with E-state index >= 15 is 0 Å². The summed E-state index contributed by atoms with van der Waals surface area (Å²) >= 11 is 1.38. The van der Waals surface area contributed by atoms with Crippen LogP contribution in [0.4, 0.5) is 0 Å². The first-order valence-corrected chi connectivity index (χ1v) is 3.87. The molecule has 0 bridgehead atoms. The van der Waals surface area contributed by atoms with Crippen molar-refractivity contribution < 1.29 is 4.79 Å². The molecule has 3 nitrogen and oxygen atoms in total. The highest BCUT2D eigenvalue weighted by Crippen LogP contribution is 2.16. The van der Waals surface area contributed by atoms with E-state index in [1.807, 2.05) is 6.07 Å². The van der Waals surface area contributed by atoms with E-state index in [1.165, 1.54) is 11.3 Å². The molecule has 0 saturated heterocycles. The summed E-state index contributed by atoms with van der Waals surface area (Å²) in [6.45, 7) is 0. The van der Waals surface area contributed by atoms with Crippen LogP contribution in [0.25, 0.3) is 0 Å². The maximum Gasteiger partial charge on any atom is 0.249 e. The van der Waals surface area contributed by atoms with Gasteiger partial charge in [-0.05, 0) is 11.4 Å². The molecule has 0 fully saturated rings. The van der Waals surface area contributed by atoms with Gasteiger partial charge < -0.3 is 5.73 Å². The summed E-state index contributed by atoms with van der Waals surface area (Å²) in [6.07, 6.45) is 0.260. The maximum absolute atomic E-state index is 10.7. The molecule has 1 aromatic heterocycles. The molecular weight excluding hydrogens is 160 g/mol. The molecule has 0 unspecified atom stereocenters. The Balaban J connectivity index is 2.98. The van der Waals surface area contributed by atoms with E-state index in [0.717, 1.165) is 4.88 Å². The van der Waals surface area contributed by atoms with E-state index in [-0.39, 0.29) is 6.42 Å². The molecule has 1 rings (SSSR count). The lowest BCUT2D eigenvalue weighted by Gasteiger charge is -1.91. The zero-order valence-electron chi connectivity index (χ0n) is 5.70. The molecule has 4 heteroatoms. The normalized spacial score (nSPS) is 9.00. The van der Waals surface area contributed by atoms with Crippen LogP contribution in [0.3, 0.4) is 0 Å². The fourth-order valence-electron chi connectivity index (χ4n) is 0.769. The number of carbonyl (C=O) groups is 1. The van der Waals surface area contributed by atoms with Gasteiger partial charge >= 0.3 is 0 Å². The molecule has 0 aliphatic heterocycles. The van der Waals surface area contributed by atoms with Crippen molar-refractivity contribution in [3.05, 3.63) is 21.9 Å². The number of rotatable bonds is 2. The predicted octanol–water partition coefficient (Wildman–Crippen LogP) is 0.913. The number of nitrogens with two attached hydrogens (primary N) is 1. The molecule has 0 aliphatic rings. The van der Waals surface area contributed by atoms with Crippen LogP contribution in [0.1, 0.15) is 15.2 Å². The molecule has 0 aliphatic carbocycles. The number of hydrogen-bond acceptors (Lipinski definition) is 3. The van der Waals surface area contributed by atoms with Crippen LogP contribution in [0.5, 0.6) is 0 Å². The standard InChI is InChI=1S/C7H6N2OS/c8-3-1-6-5(7(9)10)2-4-11-6/h2,4H,1H2,(H2,9,10). The van der Waals surface area contributed by atoms with Gasteiger partial charge in [0.05, 0.1) is 18.1 Å². The van der Waals surface area contributed by atoms with Crippen molar-refractivity contribution in [2.75, 3.05) is 0 Å². The van der Waals surface area contributed by atoms with Crippen LogP contribution in [-0.4, -0.2) is 5.91 Å². The van der Waals surface area contributed by atoms with Gasteiger partial charge in [0.15, 0.2) is 0 Å². The van der Waals surface area contributed by atoms with Gasteiger partial charge in [0.2, 0.25) is 5.91 Å². The number of thiophene rings is 1. The summed E-state index contributed by atoms with van der Waals surface area (Å²) in [5.41, 5.74) is 5.52. The van der Waals surface area contributed by atoms with E-state index in [2.05, 4.69) is 0 Å². The van der Waals surface area contributed by atoms with Crippen molar-refractivity contribution >= 4 is 17.2 Å². The molecule has 2 N–H and O–H groups in total. The van der Waals surface area contributed by atoms with Gasteiger partial charge in [-0.1, -0.05) is 0 Å². The third-order valence-electron chi connectivity index (χ3n) is 1.25. The quantitative estimate of drug-likeness (QED) is 0.709. The Labute approximate surface area is 68.1 Å². The van der Waals surface area contributed by atoms with E-state index in [4.69, 9.17) is 11.0 Å². The number of nitrogens with zero attached hydrogens (tertiary/aromatic N) is 1. The van der Waals surface area contributed by atoms with Gasteiger partial charge in [-0.3, -0.25) is 4.79 Å². The summed E-state index contributed by atoms with van der Waals surface area (Å²) in [7, 11) is 0. The van der Waals surface area contributed by atoms with Crippen LogP contribution in [-0.2, 0) is 6.42 Å². The zero-order chi connectivity index (χ0) is 8.27. The smallest absolute Gasteiger partial charge is 0.249 e. The van der Waals surface area contributed by atoms with Crippen molar-refractivity contribution in [1.82, 2.24) is 0 Å². The van der Waals surface area contributed by atoms with Gasteiger partial charge in [0.1, 0.15) is 0 Å². The second-order valence-corrected chi connectivity index (χ2v) is 2.96. The first kappa shape index (κ1) is 7.76. The highest BCUT2D eigenvalue weighted by Gasteiger charge is 2.07. The van der Waals surface area contributed by atoms with Gasteiger partial charge in [0, 0.05) is 4.88 Å². The molecule has 1 aromatic rings. The highest BCUT2D eigenvalue weighted by molar-refractivity contribution is 7.10. The van der Waals surface area contributed by atoms with Gasteiger partial charge in [-0.25, -0.2) is 0 Å². The zero-order valence-corrected chi connectivity index (χ0v) is 6.52. The third kappa shape index (κ3) is 1.57. The fraction of sp³-hybridized carbons (Fsp3) is 0.143. The minimum absolute atomic E-state index is 0.260. The highest BCUT2D eigenvalue weighted by atomic mass is 32.1. The maximum atomic E-state index is 10.7. The van der Waals surface area contributed by atoms with Crippen LogP contribution < -0.4 is 5.73 Å². The Hall–Kier alpha value is -1.34. The Morgan fingerprint density at radius 2 is 2.55 bits per heavy atom. The molecule has 0 spiro atoms. The van der Waals surface area contributed by atoms with Crippen LogP contribution in [0.2, 0.25) is 0 Å². The van der Waals surface area contributed by atoms with E-state index in [0.29, 0.717) is 5.56 Å². The fourth-order valence-corrected chi connectivity index (χ4v) is 1.58. The Morgan fingerprint density at radius 1 is 1.82 bits per heavy atom. The van der Waals surface area contributed by atoms with Gasteiger partial charge in [-0.2, -0.15) is 5.26 Å². The Morgan fingerprint density at radius 3 is 3.09 bits per heavy atom. The Kier molecular flexibility index (Phi) is 2.24. The van der Waals surface area contributed by atoms with Crippen LogP contribution >= 0.6 is 11.3 Å². The number of amides is 1. The molecular formula is C7H6N2OS. The van der Waals surface area contributed by atoms with E-state index in [9.17, 15) is 4.79 Å². The van der Waals surface area contributed by atoms with Crippen LogP contribution in [0.15, 0.2) is 11.4 Å². The molecule has 0 atom stereocenters. The first-order chi connectivity index (χ1) is 5.25. The average Bonchev–Trinajstić information content (AvgIpc) is 2.36. The van der Waals surface area contributed by atoms with Crippen molar-refractivity contribution in [2.45, 2.75) is 6.42 Å². The molecule has 1 amide bonds. The van der Waals surface area contributed by atoms with Crippen molar-refractivity contribution in [1.29, 1.82) is 5.26 Å². The molecule has 1 heterocycles. The van der Waals surface area contributed by atoms with Crippen molar-refractivity contribution in [3.8, 4) is 6.07 Å². The SMILES string of the molecule is N#CCc1sccc1C(N)=O. The second-order valence-electron chi connectivity index (χ2n) is 1.96. The summed E-state index contributed by atoms with van der Waals surface area (Å²) < 4.78 is 0. The van der Waals surface area contributed by atoms with Crippen molar-refractivity contribution in [3.63, 3.8) is 0 Å². The lowest BCUT2D eigenvalue weighted by Crippen LogP contribution is -2.11. The van der Waals surface area contributed by atoms with Crippen LogP contribution in [0, 0.1) is 11.3 Å². The summed E-state index contributed by atoms with van der Waals surface area (Å²) in [4.78, 5) is 11.4. The number of carbonyl (C=O) groups excluding carboxylic acids is 1. The molecule has 0 aromatic carbocycles. The monoisotopic (exact) mass is 166 g/mol. The summed E-state index contributed by atoms with van der Waals surface area (Å²) in [5, 5.41) is 10.1. The minimum Gasteiger partial charge on any atom is -0.366 e. The lowest BCUT2D eigenvalue weighted by atomic mass is 10.2. The predicted molar refractivity (Wildman–Crippen MR) is 42.2 cm³/mol. The lowest BCUT2D eigenvalue weighted by molar-refractivity contribution is 0.1000. The number of hydrogen-bond donors (Lipinski definition) is 1. The topological polar surface area (TPSA) is 66.9 Å². The molecule has 0 saturated carbocycles. The van der Waals surface area contributed by atoms with Crippen molar-refractivity contribution in [2.24, 2.45) is 5.73 Å². The molecule has 56 valence electrons. The largest absolute Gasteiger partial charge is 0.366 e.